The summed E-state index contributed by atoms with van der Waals surface area (Å²) in [6.45, 7) is 0. The maximum absolute atomic E-state index is 12.3. The van der Waals surface area contributed by atoms with Gasteiger partial charge in [-0.15, -0.1) is 11.3 Å². The SMILES string of the molecule is O=C(Nc1cnc(-n2ccnc2)nc1)c1nc2ccccc2s1. The van der Waals surface area contributed by atoms with Crippen LogP contribution in [0.2, 0.25) is 0 Å². The number of aromatic nitrogens is 5. The molecule has 8 heteroatoms. The number of carbonyl (C=O) groups is 1. The molecule has 1 N–H and O–H groups in total. The second kappa shape index (κ2) is 5.58. The Hall–Kier alpha value is -3.13. The Kier molecular flexibility index (Phi) is 3.28. The first-order valence-electron chi connectivity index (χ1n) is 6.77. The number of para-hydroxylation sites is 1. The van der Waals surface area contributed by atoms with Gasteiger partial charge < -0.3 is 5.32 Å². The number of anilines is 1. The molecule has 0 atom stereocenters. The molecule has 7 nitrogen and oxygen atoms in total. The minimum Gasteiger partial charge on any atom is -0.317 e. The number of fused-ring (bicyclic) bond motifs is 1. The fraction of sp³-hybridized carbons (Fsp3) is 0. The zero-order chi connectivity index (χ0) is 15.6. The average Bonchev–Trinajstić information content (AvgIpc) is 3.25. The van der Waals surface area contributed by atoms with Crippen molar-refractivity contribution < 1.29 is 4.79 Å². The molecule has 23 heavy (non-hydrogen) atoms. The fourth-order valence-corrected chi connectivity index (χ4v) is 2.91. The molecule has 112 valence electrons. The highest BCUT2D eigenvalue weighted by Crippen LogP contribution is 2.22. The lowest BCUT2D eigenvalue weighted by Gasteiger charge is -2.03. The van der Waals surface area contributed by atoms with Crippen LogP contribution in [0.3, 0.4) is 0 Å². The van der Waals surface area contributed by atoms with Crippen molar-refractivity contribution in [3.05, 3.63) is 60.4 Å². The predicted molar refractivity (Wildman–Crippen MR) is 86.7 cm³/mol. The number of nitrogens with one attached hydrogen (secondary N) is 1. The van der Waals surface area contributed by atoms with E-state index in [1.54, 1.807) is 35.7 Å². The van der Waals surface area contributed by atoms with Crippen LogP contribution in [-0.4, -0.2) is 30.4 Å². The predicted octanol–water partition coefficient (Wildman–Crippen LogP) is 2.52. The summed E-state index contributed by atoms with van der Waals surface area (Å²) in [6.07, 6.45) is 8.09. The van der Waals surface area contributed by atoms with E-state index in [0.29, 0.717) is 16.6 Å². The zero-order valence-corrected chi connectivity index (χ0v) is 12.6. The van der Waals surface area contributed by atoms with Gasteiger partial charge in [0.2, 0.25) is 5.95 Å². The maximum atomic E-state index is 12.3. The topological polar surface area (TPSA) is 85.6 Å². The second-order valence-electron chi connectivity index (χ2n) is 4.68. The lowest BCUT2D eigenvalue weighted by atomic mass is 10.3. The van der Waals surface area contributed by atoms with Gasteiger partial charge in [0.15, 0.2) is 5.01 Å². The van der Waals surface area contributed by atoms with E-state index < -0.39 is 0 Å². The van der Waals surface area contributed by atoms with Gasteiger partial charge in [0, 0.05) is 12.4 Å². The first-order chi connectivity index (χ1) is 11.3. The molecule has 1 amide bonds. The van der Waals surface area contributed by atoms with Gasteiger partial charge >= 0.3 is 0 Å². The molecule has 3 heterocycles. The minimum atomic E-state index is -0.273. The minimum absolute atomic E-state index is 0.273. The van der Waals surface area contributed by atoms with E-state index in [2.05, 4.69) is 25.3 Å². The van der Waals surface area contributed by atoms with Crippen LogP contribution < -0.4 is 5.32 Å². The molecular formula is C15H10N6OS. The lowest BCUT2D eigenvalue weighted by Crippen LogP contribution is -2.12. The Bertz CT molecular complexity index is 928. The first-order valence-corrected chi connectivity index (χ1v) is 7.58. The number of imidazole rings is 1. The summed E-state index contributed by atoms with van der Waals surface area (Å²) in [5.74, 6) is 0.214. The van der Waals surface area contributed by atoms with Crippen LogP contribution >= 0.6 is 11.3 Å². The molecule has 1 aromatic carbocycles. The monoisotopic (exact) mass is 322 g/mol. The molecule has 0 aliphatic carbocycles. The van der Waals surface area contributed by atoms with Gasteiger partial charge in [-0.2, -0.15) is 0 Å². The van der Waals surface area contributed by atoms with E-state index in [4.69, 9.17) is 0 Å². The Morgan fingerprint density at radius 1 is 1.17 bits per heavy atom. The summed E-state index contributed by atoms with van der Waals surface area (Å²) in [7, 11) is 0. The van der Waals surface area contributed by atoms with Crippen molar-refractivity contribution in [2.45, 2.75) is 0 Å². The molecule has 4 rings (SSSR count). The molecule has 0 spiro atoms. The number of hydrogen-bond acceptors (Lipinski definition) is 6. The van der Waals surface area contributed by atoms with Crippen molar-refractivity contribution in [3.8, 4) is 5.95 Å². The summed E-state index contributed by atoms with van der Waals surface area (Å²) in [4.78, 5) is 28.9. The summed E-state index contributed by atoms with van der Waals surface area (Å²) < 4.78 is 2.66. The summed E-state index contributed by atoms with van der Waals surface area (Å²) in [5.41, 5.74) is 1.33. The van der Waals surface area contributed by atoms with Crippen molar-refractivity contribution >= 4 is 33.1 Å². The smallest absolute Gasteiger partial charge is 0.284 e. The van der Waals surface area contributed by atoms with E-state index in [-0.39, 0.29) is 5.91 Å². The third-order valence-electron chi connectivity index (χ3n) is 3.12. The van der Waals surface area contributed by atoms with Crippen molar-refractivity contribution in [1.82, 2.24) is 24.5 Å². The number of carbonyl (C=O) groups excluding carboxylic acids is 1. The first kappa shape index (κ1) is 13.5. The van der Waals surface area contributed by atoms with Gasteiger partial charge in [0.05, 0.1) is 28.3 Å². The molecule has 0 bridgehead atoms. The van der Waals surface area contributed by atoms with E-state index in [1.165, 1.54) is 11.3 Å². The maximum Gasteiger partial charge on any atom is 0.284 e. The van der Waals surface area contributed by atoms with Gasteiger partial charge in [-0.3, -0.25) is 9.36 Å². The molecule has 0 fully saturated rings. The van der Waals surface area contributed by atoms with Crippen molar-refractivity contribution in [3.63, 3.8) is 0 Å². The van der Waals surface area contributed by atoms with Gasteiger partial charge in [-0.05, 0) is 12.1 Å². The number of rotatable bonds is 3. The lowest BCUT2D eigenvalue weighted by molar-refractivity contribution is 0.102. The number of benzene rings is 1. The Morgan fingerprint density at radius 3 is 2.74 bits per heavy atom. The van der Waals surface area contributed by atoms with Crippen LogP contribution in [0.15, 0.2) is 55.4 Å². The summed E-state index contributed by atoms with van der Waals surface area (Å²) >= 11 is 1.35. The highest BCUT2D eigenvalue weighted by atomic mass is 32.1. The molecule has 3 aromatic heterocycles. The Morgan fingerprint density at radius 2 is 2.00 bits per heavy atom. The van der Waals surface area contributed by atoms with Crippen LogP contribution in [0.1, 0.15) is 9.80 Å². The zero-order valence-electron chi connectivity index (χ0n) is 11.7. The highest BCUT2D eigenvalue weighted by molar-refractivity contribution is 7.20. The summed E-state index contributed by atoms with van der Waals surface area (Å²) in [6, 6.07) is 7.63. The molecule has 0 saturated heterocycles. The normalized spacial score (nSPS) is 10.8. The van der Waals surface area contributed by atoms with Gasteiger partial charge in [0.25, 0.3) is 5.91 Å². The van der Waals surface area contributed by atoms with E-state index in [1.807, 2.05) is 24.3 Å². The van der Waals surface area contributed by atoms with Crippen molar-refractivity contribution in [1.29, 1.82) is 0 Å². The van der Waals surface area contributed by atoms with Gasteiger partial charge in [-0.1, -0.05) is 12.1 Å². The molecule has 0 aliphatic heterocycles. The number of hydrogen-bond donors (Lipinski definition) is 1. The quantitative estimate of drug-likeness (QED) is 0.626. The molecular weight excluding hydrogens is 312 g/mol. The highest BCUT2D eigenvalue weighted by Gasteiger charge is 2.12. The van der Waals surface area contributed by atoms with Crippen molar-refractivity contribution in [2.75, 3.05) is 5.32 Å². The Labute approximate surface area is 134 Å². The molecule has 4 aromatic rings. The van der Waals surface area contributed by atoms with E-state index in [9.17, 15) is 4.79 Å². The number of nitrogens with zero attached hydrogens (tertiary/aromatic N) is 5. The van der Waals surface area contributed by atoms with Crippen molar-refractivity contribution in [2.24, 2.45) is 0 Å². The average molecular weight is 322 g/mol. The van der Waals surface area contributed by atoms with E-state index in [0.717, 1.165) is 10.2 Å². The third kappa shape index (κ3) is 2.67. The van der Waals surface area contributed by atoms with Crippen LogP contribution in [0, 0.1) is 0 Å². The fourth-order valence-electron chi connectivity index (χ4n) is 2.05. The number of thiazole rings is 1. The number of amides is 1. The molecule has 0 saturated carbocycles. The van der Waals surface area contributed by atoms with E-state index >= 15 is 0 Å². The van der Waals surface area contributed by atoms with Gasteiger partial charge in [0.1, 0.15) is 6.33 Å². The van der Waals surface area contributed by atoms with Crippen LogP contribution in [-0.2, 0) is 0 Å². The standard InChI is InChI=1S/C15H10N6OS/c22-13(14-20-11-3-1-2-4-12(11)23-14)19-10-7-17-15(18-8-10)21-6-5-16-9-21/h1-9H,(H,19,22). The third-order valence-corrected chi connectivity index (χ3v) is 4.15. The Balaban J connectivity index is 1.54. The molecule has 0 unspecified atom stereocenters. The van der Waals surface area contributed by atoms with Crippen LogP contribution in [0.4, 0.5) is 5.69 Å². The summed E-state index contributed by atoms with van der Waals surface area (Å²) in [5, 5.41) is 3.16. The van der Waals surface area contributed by atoms with Crippen LogP contribution in [0.25, 0.3) is 16.2 Å². The second-order valence-corrected chi connectivity index (χ2v) is 5.71. The molecule has 0 aliphatic rings. The van der Waals surface area contributed by atoms with Crippen LogP contribution in [0.5, 0.6) is 0 Å². The molecule has 0 radical (unpaired) electrons. The largest absolute Gasteiger partial charge is 0.317 e. The van der Waals surface area contributed by atoms with Gasteiger partial charge in [-0.25, -0.2) is 19.9 Å².